The van der Waals surface area contributed by atoms with E-state index in [4.69, 9.17) is 0 Å². The first-order valence-electron chi connectivity index (χ1n) is 12.8. The summed E-state index contributed by atoms with van der Waals surface area (Å²) in [6.07, 6.45) is 3.22. The third-order valence-electron chi connectivity index (χ3n) is 7.79. The highest BCUT2D eigenvalue weighted by molar-refractivity contribution is 9.10. The molecule has 5 heteroatoms. The Morgan fingerprint density at radius 2 is 1.42 bits per heavy atom. The van der Waals surface area contributed by atoms with Crippen LogP contribution < -0.4 is 0 Å². The number of halogens is 1. The number of hydrogen-bond acceptors (Lipinski definition) is 4. The van der Waals surface area contributed by atoms with Gasteiger partial charge in [0.15, 0.2) is 11.6 Å². The Hall–Kier alpha value is -2.66. The number of hydrogen-bond donors (Lipinski definition) is 1. The Morgan fingerprint density at radius 3 is 1.97 bits per heavy atom. The van der Waals surface area contributed by atoms with Gasteiger partial charge >= 0.3 is 0 Å². The third kappa shape index (κ3) is 4.58. The van der Waals surface area contributed by atoms with Crippen LogP contribution in [0, 0.1) is 10.8 Å². The van der Waals surface area contributed by atoms with Crippen LogP contribution in [0.4, 0.5) is 0 Å². The van der Waals surface area contributed by atoms with Crippen LogP contribution in [0.25, 0.3) is 0 Å². The molecule has 1 aliphatic heterocycles. The molecule has 188 valence electrons. The lowest BCUT2D eigenvalue weighted by Crippen LogP contribution is -2.45. The van der Waals surface area contributed by atoms with Gasteiger partial charge in [0, 0.05) is 57.9 Å². The first-order chi connectivity index (χ1) is 17.0. The topological polar surface area (TPSA) is 57.6 Å². The van der Waals surface area contributed by atoms with E-state index in [1.165, 1.54) is 5.56 Å². The van der Waals surface area contributed by atoms with E-state index in [0.717, 1.165) is 35.1 Å². The summed E-state index contributed by atoms with van der Waals surface area (Å²) in [6, 6.07) is 15.7. The molecular weight excluding hydrogens is 514 g/mol. The van der Waals surface area contributed by atoms with Crippen LogP contribution in [0.5, 0.6) is 5.75 Å². The van der Waals surface area contributed by atoms with Crippen molar-refractivity contribution in [2.45, 2.75) is 65.7 Å². The fourth-order valence-corrected chi connectivity index (χ4v) is 6.65. The molecule has 1 N–H and O–H groups in total. The molecular formula is C31H34BrNO3. The normalized spacial score (nSPS) is 21.5. The van der Waals surface area contributed by atoms with E-state index in [0.29, 0.717) is 36.1 Å². The van der Waals surface area contributed by atoms with Crippen LogP contribution in [-0.2, 0) is 16.0 Å². The van der Waals surface area contributed by atoms with Gasteiger partial charge < -0.3 is 10.0 Å². The Labute approximate surface area is 222 Å². The standard InChI is InChI=1S/C31H34BrNO3/c1-30(2)15-22-28(25(35)17-30)27(21-14-20(32)10-11-24(21)34)29-23(16-31(3,4)18-26(29)36)33(22)13-12-19-8-6-5-7-9-19/h5-11,14,27,34H,12-13,15-18H2,1-4H3. The van der Waals surface area contributed by atoms with Crippen LogP contribution in [-0.4, -0.2) is 28.1 Å². The van der Waals surface area contributed by atoms with Crippen LogP contribution >= 0.6 is 15.9 Å². The zero-order chi connectivity index (χ0) is 25.8. The molecule has 0 saturated carbocycles. The van der Waals surface area contributed by atoms with Gasteiger partial charge in [-0.3, -0.25) is 9.59 Å². The molecule has 0 spiro atoms. The molecule has 2 aromatic rings. The Morgan fingerprint density at radius 1 is 0.861 bits per heavy atom. The maximum absolute atomic E-state index is 13.8. The summed E-state index contributed by atoms with van der Waals surface area (Å²) in [6.45, 7) is 9.31. The summed E-state index contributed by atoms with van der Waals surface area (Å²) in [5.74, 6) is -0.249. The molecule has 2 aromatic carbocycles. The number of benzene rings is 2. The molecule has 0 saturated heterocycles. The van der Waals surface area contributed by atoms with Gasteiger partial charge in [0.25, 0.3) is 0 Å². The van der Waals surface area contributed by atoms with E-state index < -0.39 is 5.92 Å². The van der Waals surface area contributed by atoms with E-state index in [-0.39, 0.29) is 28.1 Å². The maximum Gasteiger partial charge on any atom is 0.162 e. The second-order valence-electron chi connectivity index (χ2n) is 12.1. The fourth-order valence-electron chi connectivity index (χ4n) is 6.27. The highest BCUT2D eigenvalue weighted by Crippen LogP contribution is 2.55. The van der Waals surface area contributed by atoms with Gasteiger partial charge in [0.05, 0.1) is 0 Å². The highest BCUT2D eigenvalue weighted by Gasteiger charge is 2.49. The molecule has 3 aliphatic rings. The molecule has 0 fully saturated rings. The van der Waals surface area contributed by atoms with E-state index in [2.05, 4.69) is 60.7 Å². The molecule has 4 nitrogen and oxygen atoms in total. The van der Waals surface area contributed by atoms with Crippen LogP contribution in [0.15, 0.2) is 75.5 Å². The van der Waals surface area contributed by atoms with Crippen molar-refractivity contribution in [2.24, 2.45) is 10.8 Å². The summed E-state index contributed by atoms with van der Waals surface area (Å²) < 4.78 is 0.818. The average Bonchev–Trinajstić information content (AvgIpc) is 2.78. The first kappa shape index (κ1) is 25.0. The number of carbonyl (C=O) groups excluding carboxylic acids is 2. The molecule has 0 aromatic heterocycles. The van der Waals surface area contributed by atoms with Crippen molar-refractivity contribution in [2.75, 3.05) is 6.54 Å². The molecule has 36 heavy (non-hydrogen) atoms. The fraction of sp³-hybridized carbons (Fsp3) is 0.419. The Bertz CT molecular complexity index is 1250. The summed E-state index contributed by atoms with van der Waals surface area (Å²) in [5, 5.41) is 11.0. The van der Waals surface area contributed by atoms with Crippen LogP contribution in [0.1, 0.15) is 70.4 Å². The lowest BCUT2D eigenvalue weighted by molar-refractivity contribution is -0.119. The number of nitrogens with zero attached hydrogens (tertiary/aromatic N) is 1. The summed E-state index contributed by atoms with van der Waals surface area (Å²) >= 11 is 3.54. The highest BCUT2D eigenvalue weighted by atomic mass is 79.9. The predicted octanol–water partition coefficient (Wildman–Crippen LogP) is 7.08. The van der Waals surface area contributed by atoms with Crippen molar-refractivity contribution in [3.8, 4) is 5.75 Å². The van der Waals surface area contributed by atoms with Crippen LogP contribution in [0.3, 0.4) is 0 Å². The molecule has 0 atom stereocenters. The van der Waals surface area contributed by atoms with Crippen molar-refractivity contribution in [1.82, 2.24) is 4.90 Å². The van der Waals surface area contributed by atoms with E-state index in [1.807, 2.05) is 24.3 Å². The number of phenols is 1. The minimum atomic E-state index is -0.535. The van der Waals surface area contributed by atoms with Gasteiger partial charge in [-0.1, -0.05) is 74.0 Å². The Kier molecular flexibility index (Phi) is 6.27. The minimum absolute atomic E-state index is 0.0829. The van der Waals surface area contributed by atoms with Gasteiger partial charge in [-0.25, -0.2) is 0 Å². The van der Waals surface area contributed by atoms with Crippen molar-refractivity contribution >= 4 is 27.5 Å². The molecule has 0 bridgehead atoms. The summed E-state index contributed by atoms with van der Waals surface area (Å²) in [7, 11) is 0. The number of ketones is 2. The smallest absolute Gasteiger partial charge is 0.162 e. The van der Waals surface area contributed by atoms with Gasteiger partial charge in [-0.05, 0) is 53.9 Å². The quantitative estimate of drug-likeness (QED) is 0.444. The minimum Gasteiger partial charge on any atom is -0.508 e. The van der Waals surface area contributed by atoms with Gasteiger partial charge in [0.1, 0.15) is 5.75 Å². The zero-order valence-electron chi connectivity index (χ0n) is 21.5. The molecule has 5 rings (SSSR count). The second kappa shape index (κ2) is 9.02. The monoisotopic (exact) mass is 547 g/mol. The summed E-state index contributed by atoms with van der Waals surface area (Å²) in [5.41, 5.74) is 4.98. The largest absolute Gasteiger partial charge is 0.508 e. The van der Waals surface area contributed by atoms with Gasteiger partial charge in [0.2, 0.25) is 0 Å². The lowest BCUT2D eigenvalue weighted by atomic mass is 9.63. The molecule has 0 radical (unpaired) electrons. The molecule has 1 heterocycles. The molecule has 0 unspecified atom stereocenters. The van der Waals surface area contributed by atoms with Gasteiger partial charge in [-0.2, -0.15) is 0 Å². The second-order valence-corrected chi connectivity index (χ2v) is 13.0. The Balaban J connectivity index is 1.73. The van der Waals surface area contributed by atoms with Crippen molar-refractivity contribution in [3.63, 3.8) is 0 Å². The predicted molar refractivity (Wildman–Crippen MR) is 145 cm³/mol. The van der Waals surface area contributed by atoms with E-state index >= 15 is 0 Å². The van der Waals surface area contributed by atoms with Crippen molar-refractivity contribution < 1.29 is 14.7 Å². The van der Waals surface area contributed by atoms with Crippen LogP contribution in [0.2, 0.25) is 0 Å². The molecule has 0 amide bonds. The molecule has 2 aliphatic carbocycles. The van der Waals surface area contributed by atoms with Crippen molar-refractivity contribution in [3.05, 3.63) is 86.7 Å². The van der Waals surface area contributed by atoms with E-state index in [1.54, 1.807) is 12.1 Å². The number of Topliss-reactive ketones (excluding diaryl/α,β-unsaturated/α-hetero) is 2. The van der Waals surface area contributed by atoms with Crippen molar-refractivity contribution in [1.29, 1.82) is 0 Å². The first-order valence-corrected chi connectivity index (χ1v) is 13.6. The SMILES string of the molecule is CC1(C)CC(=O)C2=C(C1)N(CCc1ccccc1)C1=C(C(=O)CC(C)(C)C1)C2c1cc(Br)ccc1O. The number of aromatic hydroxyl groups is 1. The number of rotatable bonds is 4. The zero-order valence-corrected chi connectivity index (χ0v) is 23.1. The summed E-state index contributed by atoms with van der Waals surface area (Å²) in [4.78, 5) is 30.0. The third-order valence-corrected chi connectivity index (χ3v) is 8.28. The number of allylic oxidation sites excluding steroid dienone is 4. The lowest BCUT2D eigenvalue weighted by Gasteiger charge is -2.49. The van der Waals surface area contributed by atoms with E-state index in [9.17, 15) is 14.7 Å². The number of phenolic OH excluding ortho intramolecular Hbond substituents is 1. The number of carbonyl (C=O) groups is 2. The maximum atomic E-state index is 13.8. The van der Waals surface area contributed by atoms with Gasteiger partial charge in [-0.15, -0.1) is 0 Å². The average molecular weight is 549 g/mol.